The van der Waals surface area contributed by atoms with Crippen LogP contribution in [0.25, 0.3) is 0 Å². The monoisotopic (exact) mass is 220 g/mol. The summed E-state index contributed by atoms with van der Waals surface area (Å²) in [5.74, 6) is -1.05. The fourth-order valence-corrected chi connectivity index (χ4v) is 1.81. The predicted octanol–water partition coefficient (Wildman–Crippen LogP) is -1.46. The first-order chi connectivity index (χ1) is 7.47. The second kappa shape index (κ2) is 3.65. The first-order valence-corrected chi connectivity index (χ1v) is 4.85. The minimum atomic E-state index is -1.22. The standard InChI is InChI=1S/C9H17NO5/c1-9(2)13-3-4-7(15-9)6(11)5(10)8(12)14-4/h4-8,11-12H,3,10H2,1-2H3/t4-,5-,6-,7-,8?/m1/s1/i1D/t4-,5-,6-,7-,8?,9?. The van der Waals surface area contributed by atoms with Gasteiger partial charge in [0.15, 0.2) is 12.1 Å². The van der Waals surface area contributed by atoms with Gasteiger partial charge in [0.1, 0.15) is 18.3 Å². The van der Waals surface area contributed by atoms with Crippen LogP contribution in [-0.2, 0) is 14.2 Å². The lowest BCUT2D eigenvalue weighted by molar-refractivity contribution is -0.363. The Bertz CT molecular complexity index is 266. The van der Waals surface area contributed by atoms with Crippen molar-refractivity contribution in [1.29, 1.82) is 0 Å². The van der Waals surface area contributed by atoms with Crippen molar-refractivity contribution in [2.24, 2.45) is 5.73 Å². The summed E-state index contributed by atoms with van der Waals surface area (Å²) in [6.45, 7) is 1.71. The third-order valence-corrected chi connectivity index (χ3v) is 2.68. The first kappa shape index (κ1) is 9.95. The summed E-state index contributed by atoms with van der Waals surface area (Å²) < 4.78 is 23.3. The van der Waals surface area contributed by atoms with Crippen LogP contribution in [0.3, 0.4) is 0 Å². The first-order valence-electron chi connectivity index (χ1n) is 5.56. The van der Waals surface area contributed by atoms with Gasteiger partial charge in [0.2, 0.25) is 0 Å². The molecule has 0 aromatic carbocycles. The maximum atomic E-state index is 9.86. The van der Waals surface area contributed by atoms with Gasteiger partial charge in [-0.05, 0) is 13.8 Å². The van der Waals surface area contributed by atoms with Gasteiger partial charge < -0.3 is 30.2 Å². The van der Waals surface area contributed by atoms with Crippen LogP contribution in [0.4, 0.5) is 0 Å². The van der Waals surface area contributed by atoms with Gasteiger partial charge in [-0.25, -0.2) is 0 Å². The minimum absolute atomic E-state index is 0.0826. The Morgan fingerprint density at radius 1 is 1.53 bits per heavy atom. The van der Waals surface area contributed by atoms with E-state index >= 15 is 0 Å². The maximum Gasteiger partial charge on any atom is 0.173 e. The molecule has 0 saturated carbocycles. The van der Waals surface area contributed by atoms with E-state index in [1.807, 2.05) is 0 Å². The van der Waals surface area contributed by atoms with Gasteiger partial charge in [0.25, 0.3) is 0 Å². The van der Waals surface area contributed by atoms with Crippen molar-refractivity contribution in [1.82, 2.24) is 0 Å². The highest BCUT2D eigenvalue weighted by Crippen LogP contribution is 2.30. The largest absolute Gasteiger partial charge is 0.388 e. The van der Waals surface area contributed by atoms with E-state index in [0.717, 1.165) is 0 Å². The zero-order valence-corrected chi connectivity index (χ0v) is 8.50. The van der Waals surface area contributed by atoms with Crippen molar-refractivity contribution < 1.29 is 25.8 Å². The van der Waals surface area contributed by atoms with Crippen LogP contribution in [0.15, 0.2) is 0 Å². The molecule has 0 bridgehead atoms. The van der Waals surface area contributed by atoms with E-state index in [-0.39, 0.29) is 13.5 Å². The summed E-state index contributed by atoms with van der Waals surface area (Å²) in [5.41, 5.74) is 5.57. The number of fused-ring (bicyclic) bond motifs is 1. The Balaban J connectivity index is 2.11. The fourth-order valence-electron chi connectivity index (χ4n) is 1.81. The molecule has 2 aliphatic heterocycles. The van der Waals surface area contributed by atoms with Crippen LogP contribution >= 0.6 is 0 Å². The van der Waals surface area contributed by atoms with Crippen LogP contribution in [-0.4, -0.2) is 53.3 Å². The lowest BCUT2D eigenvalue weighted by Crippen LogP contribution is -2.66. The van der Waals surface area contributed by atoms with E-state index in [2.05, 4.69) is 0 Å². The number of aliphatic hydroxyl groups excluding tert-OH is 2. The third kappa shape index (κ3) is 2.01. The summed E-state index contributed by atoms with van der Waals surface area (Å²) in [6, 6.07) is -0.908. The Morgan fingerprint density at radius 3 is 2.93 bits per heavy atom. The molecule has 0 aromatic rings. The van der Waals surface area contributed by atoms with Crippen LogP contribution in [0.5, 0.6) is 0 Å². The number of hydrogen-bond acceptors (Lipinski definition) is 6. The minimum Gasteiger partial charge on any atom is -0.388 e. The smallest absolute Gasteiger partial charge is 0.173 e. The number of aliphatic hydroxyl groups is 2. The normalized spacial score (nSPS) is 57.1. The van der Waals surface area contributed by atoms with Crippen LogP contribution in [0.2, 0.25) is 0 Å². The van der Waals surface area contributed by atoms with Gasteiger partial charge >= 0.3 is 0 Å². The van der Waals surface area contributed by atoms with Crippen molar-refractivity contribution >= 4 is 0 Å². The molecule has 0 aromatic heterocycles. The summed E-state index contributed by atoms with van der Waals surface area (Å²) >= 11 is 0. The van der Waals surface area contributed by atoms with Crippen molar-refractivity contribution in [3.63, 3.8) is 0 Å². The lowest BCUT2D eigenvalue weighted by atomic mass is 9.96. The van der Waals surface area contributed by atoms with E-state index in [1.54, 1.807) is 6.92 Å². The highest BCUT2D eigenvalue weighted by Gasteiger charge is 2.49. The van der Waals surface area contributed by atoms with E-state index < -0.39 is 36.4 Å². The summed E-state index contributed by atoms with van der Waals surface area (Å²) in [4.78, 5) is 0. The van der Waals surface area contributed by atoms with Gasteiger partial charge in [-0.15, -0.1) is 0 Å². The average Bonchev–Trinajstić information content (AvgIpc) is 2.28. The fraction of sp³-hybridized carbons (Fsp3) is 1.00. The van der Waals surface area contributed by atoms with Gasteiger partial charge in [-0.2, -0.15) is 0 Å². The zero-order chi connectivity index (χ0) is 11.9. The predicted molar refractivity (Wildman–Crippen MR) is 49.8 cm³/mol. The highest BCUT2D eigenvalue weighted by atomic mass is 16.7. The Kier molecular flexibility index (Phi) is 2.42. The van der Waals surface area contributed by atoms with E-state index in [1.165, 1.54) is 0 Å². The number of ether oxygens (including phenoxy) is 3. The number of hydrogen-bond donors (Lipinski definition) is 3. The topological polar surface area (TPSA) is 94.2 Å². The quantitative estimate of drug-likeness (QED) is 0.462. The molecule has 88 valence electrons. The molecular weight excluding hydrogens is 202 g/mol. The molecule has 6 nitrogen and oxygen atoms in total. The van der Waals surface area contributed by atoms with Gasteiger partial charge in [0.05, 0.1) is 12.6 Å². The highest BCUT2D eigenvalue weighted by molar-refractivity contribution is 4.94. The molecule has 2 unspecified atom stereocenters. The summed E-state index contributed by atoms with van der Waals surface area (Å²) in [7, 11) is 0. The molecule has 15 heavy (non-hydrogen) atoms. The molecule has 2 saturated heterocycles. The van der Waals surface area contributed by atoms with Crippen LogP contribution in [0.1, 0.15) is 15.2 Å². The molecule has 0 aliphatic carbocycles. The van der Waals surface area contributed by atoms with Crippen LogP contribution < -0.4 is 5.73 Å². The molecule has 2 fully saturated rings. The van der Waals surface area contributed by atoms with Gasteiger partial charge in [-0.3, -0.25) is 0 Å². The van der Waals surface area contributed by atoms with Gasteiger partial charge in [0, 0.05) is 1.37 Å². The summed E-state index contributed by atoms with van der Waals surface area (Å²) in [5, 5.41) is 19.3. The molecule has 6 heteroatoms. The molecule has 6 atom stereocenters. The lowest BCUT2D eigenvalue weighted by Gasteiger charge is -2.48. The Hall–Kier alpha value is -0.240. The molecule has 0 spiro atoms. The van der Waals surface area contributed by atoms with Gasteiger partial charge in [-0.1, -0.05) is 0 Å². The summed E-state index contributed by atoms with van der Waals surface area (Å²) in [6.07, 6.45) is -3.46. The Morgan fingerprint density at radius 2 is 2.27 bits per heavy atom. The van der Waals surface area contributed by atoms with E-state index in [4.69, 9.17) is 21.3 Å². The Labute approximate surface area is 89.3 Å². The maximum absolute atomic E-state index is 9.86. The third-order valence-electron chi connectivity index (χ3n) is 2.68. The molecule has 0 radical (unpaired) electrons. The van der Waals surface area contributed by atoms with E-state index in [0.29, 0.717) is 0 Å². The molecule has 2 aliphatic rings. The molecule has 4 N–H and O–H groups in total. The van der Waals surface area contributed by atoms with Crippen molar-refractivity contribution in [2.45, 2.75) is 50.3 Å². The molecule has 2 rings (SSSR count). The average molecular weight is 220 g/mol. The molecule has 2 heterocycles. The van der Waals surface area contributed by atoms with Crippen LogP contribution in [0, 0.1) is 0 Å². The second-order valence-corrected chi connectivity index (χ2v) is 4.16. The number of nitrogens with two attached hydrogens (primary N) is 1. The van der Waals surface area contributed by atoms with Crippen molar-refractivity contribution in [3.8, 4) is 0 Å². The SMILES string of the molecule is [2H]CC1(C)OC[C@H]2OC(O)[C@H](N)[C@@H](O)[C@@H]2O1. The molecular formula is C9H17NO5. The zero-order valence-electron chi connectivity index (χ0n) is 9.50. The number of rotatable bonds is 0. The van der Waals surface area contributed by atoms with Crippen molar-refractivity contribution in [2.75, 3.05) is 6.61 Å². The molecule has 0 amide bonds. The van der Waals surface area contributed by atoms with E-state index in [9.17, 15) is 10.2 Å². The van der Waals surface area contributed by atoms with Crippen molar-refractivity contribution in [3.05, 3.63) is 0 Å². The second-order valence-electron chi connectivity index (χ2n) is 4.16.